The highest BCUT2D eigenvalue weighted by Crippen LogP contribution is 2.30. The van der Waals surface area contributed by atoms with Gasteiger partial charge in [-0.25, -0.2) is 4.98 Å². The Morgan fingerprint density at radius 3 is 2.87 bits per heavy atom. The van der Waals surface area contributed by atoms with Gasteiger partial charge in [-0.15, -0.1) is 0 Å². The molecule has 2 aromatic carbocycles. The van der Waals surface area contributed by atoms with Crippen molar-refractivity contribution in [3.8, 4) is 11.8 Å². The Labute approximate surface area is 185 Å². The van der Waals surface area contributed by atoms with Crippen molar-refractivity contribution < 1.29 is 9.66 Å². The molecule has 0 fully saturated rings. The maximum absolute atomic E-state index is 13.2. The molecule has 1 atom stereocenters. The van der Waals surface area contributed by atoms with E-state index in [-0.39, 0.29) is 35.1 Å². The number of hydrogen-bond donors (Lipinski definition) is 0. The van der Waals surface area contributed by atoms with Gasteiger partial charge < -0.3 is 4.74 Å². The normalized spacial score (nSPS) is 12.1. The van der Waals surface area contributed by atoms with Crippen LogP contribution in [-0.2, 0) is 0 Å². The molecular weight excluding hydrogens is 466 g/mol. The van der Waals surface area contributed by atoms with Crippen molar-refractivity contribution in [3.63, 3.8) is 0 Å². The Morgan fingerprint density at radius 1 is 1.42 bits per heavy atom. The number of nitriles is 1. The lowest BCUT2D eigenvalue weighted by molar-refractivity contribution is -0.385. The van der Waals surface area contributed by atoms with Crippen molar-refractivity contribution >= 4 is 38.7 Å². The van der Waals surface area contributed by atoms with E-state index in [4.69, 9.17) is 10.00 Å². The second-order valence-corrected chi connectivity index (χ2v) is 7.62. The van der Waals surface area contributed by atoms with Gasteiger partial charge in [0.2, 0.25) is 5.75 Å². The van der Waals surface area contributed by atoms with E-state index in [1.165, 1.54) is 23.0 Å². The number of rotatable bonds is 7. The van der Waals surface area contributed by atoms with Gasteiger partial charge in [-0.05, 0) is 30.7 Å². The highest BCUT2D eigenvalue weighted by atomic mass is 79.9. The van der Waals surface area contributed by atoms with E-state index in [9.17, 15) is 14.9 Å². The van der Waals surface area contributed by atoms with Crippen LogP contribution in [-0.4, -0.2) is 27.4 Å². The third-order valence-electron chi connectivity index (χ3n) is 4.70. The number of para-hydroxylation sites is 1. The summed E-state index contributed by atoms with van der Waals surface area (Å²) in [6.45, 7) is 3.55. The monoisotopic (exact) mass is 483 g/mol. The first-order valence-electron chi connectivity index (χ1n) is 9.41. The maximum atomic E-state index is 13.2. The second-order valence-electron chi connectivity index (χ2n) is 6.70. The minimum Gasteiger partial charge on any atom is -0.471 e. The smallest absolute Gasteiger partial charge is 0.311 e. The van der Waals surface area contributed by atoms with Crippen molar-refractivity contribution in [2.45, 2.75) is 26.2 Å². The summed E-state index contributed by atoms with van der Waals surface area (Å²) in [5.41, 5.74) is 0.168. The quantitative estimate of drug-likeness (QED) is 0.279. The molecule has 0 saturated heterocycles. The number of hydrogen-bond acceptors (Lipinski definition) is 7. The molecule has 158 valence electrons. The average Bonchev–Trinajstić information content (AvgIpc) is 2.76. The molecule has 0 radical (unpaired) electrons. The van der Waals surface area contributed by atoms with Crippen LogP contribution in [0.25, 0.3) is 10.9 Å². The summed E-state index contributed by atoms with van der Waals surface area (Å²) >= 11 is 3.36. The number of nitro benzene ring substituents is 1. The van der Waals surface area contributed by atoms with E-state index in [2.05, 4.69) is 26.0 Å². The van der Waals surface area contributed by atoms with Crippen LogP contribution in [0.5, 0.6) is 5.75 Å². The van der Waals surface area contributed by atoms with Gasteiger partial charge in [0, 0.05) is 22.0 Å². The van der Waals surface area contributed by atoms with Gasteiger partial charge in [0.15, 0.2) is 6.61 Å². The predicted octanol–water partition coefficient (Wildman–Crippen LogP) is 4.37. The van der Waals surface area contributed by atoms with Gasteiger partial charge in [0.1, 0.15) is 11.9 Å². The molecule has 9 nitrogen and oxygen atoms in total. The van der Waals surface area contributed by atoms with Crippen molar-refractivity contribution in [1.82, 2.24) is 9.66 Å². The summed E-state index contributed by atoms with van der Waals surface area (Å²) in [4.78, 5) is 28.6. The van der Waals surface area contributed by atoms with Gasteiger partial charge in [0.05, 0.1) is 22.0 Å². The third kappa shape index (κ3) is 4.62. The first-order valence-corrected chi connectivity index (χ1v) is 10.2. The molecule has 0 aliphatic heterocycles. The standard InChI is InChI=1S/C21H18BrN5O4/c1-3-13(2)20-25-17-8-7-15(22)11-16(17)21(28)26(20)24-12-14-5-4-6-18(27(29)30)19(14)31-10-9-23/h4-8,11-13H,3,10H2,1-2H3/t13-/m0/s1. The van der Waals surface area contributed by atoms with Gasteiger partial charge in [-0.3, -0.25) is 14.9 Å². The molecule has 0 N–H and O–H groups in total. The molecule has 0 aliphatic carbocycles. The molecule has 0 bridgehead atoms. The molecule has 1 aromatic heterocycles. The molecule has 0 spiro atoms. The van der Waals surface area contributed by atoms with Crippen molar-refractivity contribution in [2.75, 3.05) is 6.61 Å². The SMILES string of the molecule is CC[C@H](C)c1nc2ccc(Br)cc2c(=O)n1N=Cc1cccc([N+](=O)[O-])c1OCC#N. The number of fused-ring (bicyclic) bond motifs is 1. The van der Waals surface area contributed by atoms with Crippen LogP contribution in [0.2, 0.25) is 0 Å². The Balaban J connectivity index is 2.20. The highest BCUT2D eigenvalue weighted by molar-refractivity contribution is 9.10. The molecule has 0 saturated carbocycles. The third-order valence-corrected chi connectivity index (χ3v) is 5.19. The molecule has 1 heterocycles. The fourth-order valence-corrected chi connectivity index (χ4v) is 3.31. The Kier molecular flexibility index (Phi) is 6.77. The molecular formula is C21H18BrN5O4. The van der Waals surface area contributed by atoms with Crippen LogP contribution in [0.15, 0.2) is 50.8 Å². The lowest BCUT2D eigenvalue weighted by atomic mass is 10.1. The topological polar surface area (TPSA) is 123 Å². The van der Waals surface area contributed by atoms with Crippen LogP contribution in [0.3, 0.4) is 0 Å². The van der Waals surface area contributed by atoms with Gasteiger partial charge in [0.25, 0.3) is 5.56 Å². The largest absolute Gasteiger partial charge is 0.471 e. The molecule has 10 heteroatoms. The molecule has 31 heavy (non-hydrogen) atoms. The maximum Gasteiger partial charge on any atom is 0.311 e. The van der Waals surface area contributed by atoms with E-state index in [1.54, 1.807) is 24.3 Å². The Bertz CT molecular complexity index is 1280. The highest BCUT2D eigenvalue weighted by Gasteiger charge is 2.19. The van der Waals surface area contributed by atoms with E-state index in [0.29, 0.717) is 16.7 Å². The van der Waals surface area contributed by atoms with Gasteiger partial charge in [-0.1, -0.05) is 35.8 Å². The van der Waals surface area contributed by atoms with Crippen LogP contribution in [0.1, 0.15) is 37.6 Å². The summed E-state index contributed by atoms with van der Waals surface area (Å²) in [5.74, 6) is 0.327. The van der Waals surface area contributed by atoms with E-state index < -0.39 is 4.92 Å². The van der Waals surface area contributed by atoms with Gasteiger partial charge >= 0.3 is 5.69 Å². The lowest BCUT2D eigenvalue weighted by Gasteiger charge is -2.14. The molecule has 0 amide bonds. The molecule has 3 rings (SSSR count). The lowest BCUT2D eigenvalue weighted by Crippen LogP contribution is -2.23. The second kappa shape index (κ2) is 9.49. The molecule has 0 aliphatic rings. The zero-order valence-corrected chi connectivity index (χ0v) is 18.4. The predicted molar refractivity (Wildman–Crippen MR) is 120 cm³/mol. The summed E-state index contributed by atoms with van der Waals surface area (Å²) in [6.07, 6.45) is 2.04. The fraction of sp³-hybridized carbons (Fsp3) is 0.238. The minimum atomic E-state index is -0.601. The van der Waals surface area contributed by atoms with Crippen LogP contribution < -0.4 is 10.3 Å². The Morgan fingerprint density at radius 2 is 2.19 bits per heavy atom. The first kappa shape index (κ1) is 22.1. The summed E-state index contributed by atoms with van der Waals surface area (Å²) in [6, 6.07) is 11.3. The number of ether oxygens (including phenoxy) is 1. The van der Waals surface area contributed by atoms with E-state index in [1.807, 2.05) is 19.9 Å². The summed E-state index contributed by atoms with van der Waals surface area (Å²) < 4.78 is 7.22. The first-order chi connectivity index (χ1) is 14.9. The van der Waals surface area contributed by atoms with E-state index in [0.717, 1.165) is 10.9 Å². The minimum absolute atomic E-state index is 0.0580. The van der Waals surface area contributed by atoms with Crippen molar-refractivity contribution in [3.05, 3.63) is 72.7 Å². The Hall–Kier alpha value is -3.58. The average molecular weight is 484 g/mol. The summed E-state index contributed by atoms with van der Waals surface area (Å²) in [5, 5.41) is 24.9. The zero-order chi connectivity index (χ0) is 22.5. The van der Waals surface area contributed by atoms with Crippen LogP contribution in [0.4, 0.5) is 5.69 Å². The van der Waals surface area contributed by atoms with Crippen molar-refractivity contribution in [2.24, 2.45) is 5.10 Å². The summed E-state index contributed by atoms with van der Waals surface area (Å²) in [7, 11) is 0. The van der Waals surface area contributed by atoms with Crippen molar-refractivity contribution in [1.29, 1.82) is 5.26 Å². The number of aromatic nitrogens is 2. The number of nitro groups is 1. The number of benzene rings is 2. The number of halogens is 1. The van der Waals surface area contributed by atoms with Gasteiger partial charge in [-0.2, -0.15) is 15.0 Å². The van der Waals surface area contributed by atoms with E-state index >= 15 is 0 Å². The molecule has 3 aromatic rings. The van der Waals surface area contributed by atoms with Crippen LogP contribution >= 0.6 is 15.9 Å². The zero-order valence-electron chi connectivity index (χ0n) is 16.8. The fourth-order valence-electron chi connectivity index (χ4n) is 2.95. The number of nitrogens with zero attached hydrogens (tertiary/aromatic N) is 5. The molecule has 0 unspecified atom stereocenters. The van der Waals surface area contributed by atoms with Crippen LogP contribution in [0, 0.1) is 21.4 Å².